The van der Waals surface area contributed by atoms with E-state index in [1.807, 2.05) is 0 Å². The van der Waals surface area contributed by atoms with Crippen LogP contribution in [0.4, 0.5) is 0 Å². The van der Waals surface area contributed by atoms with Gasteiger partial charge in [-0.1, -0.05) is 0 Å². The summed E-state index contributed by atoms with van der Waals surface area (Å²) >= 11 is 1.53. The fraction of sp³-hybridized carbons (Fsp3) is 0.556. The van der Waals surface area contributed by atoms with Gasteiger partial charge < -0.3 is 0 Å². The first-order valence-corrected chi connectivity index (χ1v) is 4.98. The number of carbonyl (C=O) groups excluding carboxylic acids is 1. The number of thiazole rings is 1. The second-order valence-electron chi connectivity index (χ2n) is 3.29. The Bertz CT molecular complexity index is 325. The quantitative estimate of drug-likeness (QED) is 0.656. The number of carbonyl (C=O) groups is 1. The van der Waals surface area contributed by atoms with Crippen LogP contribution < -0.4 is 0 Å². The van der Waals surface area contributed by atoms with Gasteiger partial charge in [-0.05, 0) is 19.8 Å². The summed E-state index contributed by atoms with van der Waals surface area (Å²) in [4.78, 5) is 16.6. The number of ketones is 1. The van der Waals surface area contributed by atoms with Gasteiger partial charge in [0.15, 0.2) is 10.8 Å². The average Bonchev–Trinajstić information content (AvgIpc) is 2.75. The van der Waals surface area contributed by atoms with E-state index in [1.54, 1.807) is 6.92 Å². The lowest BCUT2D eigenvalue weighted by Gasteiger charge is -1.89. The maximum atomic E-state index is 11.0. The lowest BCUT2D eigenvalue weighted by atomic mass is 10.3. The van der Waals surface area contributed by atoms with Crippen LogP contribution in [0.15, 0.2) is 0 Å². The first-order valence-electron chi connectivity index (χ1n) is 4.16. The zero-order valence-corrected chi connectivity index (χ0v) is 8.07. The van der Waals surface area contributed by atoms with Crippen molar-refractivity contribution in [2.75, 3.05) is 0 Å². The molecule has 3 heteroatoms. The van der Waals surface area contributed by atoms with Crippen molar-refractivity contribution in [3.05, 3.63) is 15.6 Å². The molecule has 1 saturated carbocycles. The lowest BCUT2D eigenvalue weighted by molar-refractivity contribution is 0.101. The van der Waals surface area contributed by atoms with Gasteiger partial charge in [0.25, 0.3) is 0 Å². The van der Waals surface area contributed by atoms with Crippen LogP contribution in [0.2, 0.25) is 0 Å². The second-order valence-corrected chi connectivity index (χ2v) is 4.49. The van der Waals surface area contributed by atoms with Gasteiger partial charge in [-0.3, -0.25) is 4.79 Å². The molecule has 0 unspecified atom stereocenters. The maximum absolute atomic E-state index is 11.0. The van der Waals surface area contributed by atoms with Crippen LogP contribution in [0.25, 0.3) is 0 Å². The summed E-state index contributed by atoms with van der Waals surface area (Å²) in [5.74, 6) is 0.754. The number of aryl methyl sites for hydroxylation is 1. The third kappa shape index (κ3) is 1.29. The number of rotatable bonds is 2. The molecule has 12 heavy (non-hydrogen) atoms. The Morgan fingerprint density at radius 2 is 2.25 bits per heavy atom. The minimum absolute atomic E-state index is 0.0926. The molecule has 0 aromatic carbocycles. The van der Waals surface area contributed by atoms with E-state index in [0.717, 1.165) is 0 Å². The zero-order valence-electron chi connectivity index (χ0n) is 7.26. The number of nitrogens with zero attached hydrogens (tertiary/aromatic N) is 1. The standard InChI is InChI=1S/C9H11NOS/c1-5(11)9-10-8(6(2)12-9)7-3-4-7/h7H,3-4H2,1-2H3. The molecule has 1 aliphatic rings. The van der Waals surface area contributed by atoms with E-state index < -0.39 is 0 Å². The highest BCUT2D eigenvalue weighted by Crippen LogP contribution is 2.42. The fourth-order valence-corrected chi connectivity index (χ4v) is 2.19. The van der Waals surface area contributed by atoms with Gasteiger partial charge in [0, 0.05) is 17.7 Å². The fourth-order valence-electron chi connectivity index (χ4n) is 1.29. The van der Waals surface area contributed by atoms with Crippen molar-refractivity contribution in [2.45, 2.75) is 32.6 Å². The van der Waals surface area contributed by atoms with E-state index in [2.05, 4.69) is 11.9 Å². The molecule has 1 fully saturated rings. The predicted octanol–water partition coefficient (Wildman–Crippen LogP) is 2.53. The molecule has 0 N–H and O–H groups in total. The lowest BCUT2D eigenvalue weighted by Crippen LogP contribution is -1.90. The zero-order chi connectivity index (χ0) is 8.72. The van der Waals surface area contributed by atoms with Gasteiger partial charge in [-0.15, -0.1) is 11.3 Å². The average molecular weight is 181 g/mol. The highest BCUT2D eigenvalue weighted by atomic mass is 32.1. The van der Waals surface area contributed by atoms with Gasteiger partial charge in [0.1, 0.15) is 0 Å². The first-order chi connectivity index (χ1) is 5.68. The number of Topliss-reactive ketones (excluding diaryl/α,β-unsaturated/α-hetero) is 1. The highest BCUT2D eigenvalue weighted by molar-refractivity contribution is 7.13. The predicted molar refractivity (Wildman–Crippen MR) is 48.8 cm³/mol. The number of hydrogen-bond acceptors (Lipinski definition) is 3. The molecule has 1 heterocycles. The summed E-state index contributed by atoms with van der Waals surface area (Å²) in [6, 6.07) is 0. The van der Waals surface area contributed by atoms with E-state index in [-0.39, 0.29) is 5.78 Å². The molecule has 1 aromatic heterocycles. The van der Waals surface area contributed by atoms with Crippen LogP contribution in [0.3, 0.4) is 0 Å². The molecular formula is C9H11NOS. The molecule has 0 radical (unpaired) electrons. The maximum Gasteiger partial charge on any atom is 0.188 e. The largest absolute Gasteiger partial charge is 0.292 e. The van der Waals surface area contributed by atoms with Crippen LogP contribution in [0.1, 0.15) is 46.1 Å². The van der Waals surface area contributed by atoms with E-state index >= 15 is 0 Å². The minimum atomic E-state index is 0.0926. The Balaban J connectivity index is 2.36. The monoisotopic (exact) mass is 181 g/mol. The van der Waals surface area contributed by atoms with Crippen LogP contribution in [0.5, 0.6) is 0 Å². The molecule has 64 valence electrons. The smallest absolute Gasteiger partial charge is 0.188 e. The van der Waals surface area contributed by atoms with Crippen LogP contribution in [0, 0.1) is 6.92 Å². The van der Waals surface area contributed by atoms with Crippen LogP contribution >= 0.6 is 11.3 Å². The summed E-state index contributed by atoms with van der Waals surface area (Å²) in [6.07, 6.45) is 2.50. The van der Waals surface area contributed by atoms with E-state index in [4.69, 9.17) is 0 Å². The summed E-state index contributed by atoms with van der Waals surface area (Å²) in [5.41, 5.74) is 1.17. The van der Waals surface area contributed by atoms with Crippen molar-refractivity contribution in [3.8, 4) is 0 Å². The van der Waals surface area contributed by atoms with Crippen molar-refractivity contribution in [1.29, 1.82) is 0 Å². The molecule has 1 aromatic rings. The third-order valence-corrected chi connectivity index (χ3v) is 3.19. The van der Waals surface area contributed by atoms with Gasteiger partial charge in [-0.2, -0.15) is 0 Å². The van der Waals surface area contributed by atoms with Crippen molar-refractivity contribution < 1.29 is 4.79 Å². The molecular weight excluding hydrogens is 170 g/mol. The number of aromatic nitrogens is 1. The van der Waals surface area contributed by atoms with E-state index in [0.29, 0.717) is 10.9 Å². The molecule has 0 bridgehead atoms. The van der Waals surface area contributed by atoms with Crippen molar-refractivity contribution >= 4 is 17.1 Å². The van der Waals surface area contributed by atoms with Gasteiger partial charge in [-0.25, -0.2) is 4.98 Å². The molecule has 0 aliphatic heterocycles. The van der Waals surface area contributed by atoms with Crippen LogP contribution in [-0.2, 0) is 0 Å². The molecule has 2 nitrogen and oxygen atoms in total. The van der Waals surface area contributed by atoms with E-state index in [9.17, 15) is 4.79 Å². The molecule has 0 amide bonds. The van der Waals surface area contributed by atoms with Crippen molar-refractivity contribution in [1.82, 2.24) is 4.98 Å². The minimum Gasteiger partial charge on any atom is -0.292 e. The molecule has 1 aliphatic carbocycles. The number of hydrogen-bond donors (Lipinski definition) is 0. The summed E-state index contributed by atoms with van der Waals surface area (Å²) in [7, 11) is 0. The Kier molecular flexibility index (Phi) is 1.76. The Hall–Kier alpha value is -0.700. The van der Waals surface area contributed by atoms with Gasteiger partial charge in [0.05, 0.1) is 5.69 Å². The molecule has 0 atom stereocenters. The summed E-state index contributed by atoms with van der Waals surface area (Å²) < 4.78 is 0. The normalized spacial score (nSPS) is 16.5. The highest BCUT2D eigenvalue weighted by Gasteiger charge is 2.28. The Morgan fingerprint density at radius 1 is 1.58 bits per heavy atom. The Morgan fingerprint density at radius 3 is 2.67 bits per heavy atom. The van der Waals surface area contributed by atoms with E-state index in [1.165, 1.54) is 34.7 Å². The van der Waals surface area contributed by atoms with Crippen molar-refractivity contribution in [2.24, 2.45) is 0 Å². The summed E-state index contributed by atoms with van der Waals surface area (Å²) in [5, 5.41) is 0.675. The third-order valence-electron chi connectivity index (χ3n) is 2.10. The second kappa shape index (κ2) is 2.66. The molecule has 0 spiro atoms. The summed E-state index contributed by atoms with van der Waals surface area (Å²) in [6.45, 7) is 3.63. The van der Waals surface area contributed by atoms with Crippen molar-refractivity contribution in [3.63, 3.8) is 0 Å². The van der Waals surface area contributed by atoms with Gasteiger partial charge in [0.2, 0.25) is 0 Å². The first kappa shape index (κ1) is 7.92. The van der Waals surface area contributed by atoms with Crippen LogP contribution in [-0.4, -0.2) is 10.8 Å². The van der Waals surface area contributed by atoms with Gasteiger partial charge >= 0.3 is 0 Å². The topological polar surface area (TPSA) is 30.0 Å². The molecule has 0 saturated heterocycles. The Labute approximate surface area is 75.6 Å². The molecule has 2 rings (SSSR count). The SMILES string of the molecule is CC(=O)c1nc(C2CC2)c(C)s1.